The molecule has 0 saturated carbocycles. The number of aliphatic imine (C=N–C) groups is 1. The second-order valence-corrected chi connectivity index (χ2v) is 10.0. The molecular formula is C29H29N3O4S. The van der Waals surface area contributed by atoms with Gasteiger partial charge in [0.1, 0.15) is 22.9 Å². The van der Waals surface area contributed by atoms with E-state index >= 15 is 0 Å². The van der Waals surface area contributed by atoms with Crippen molar-refractivity contribution < 1.29 is 19.4 Å². The molecule has 2 aliphatic rings. The standard InChI is InChI=1S/C29H29N3O4S/c1-2-36-29(35)26-27(34)24(37-28(26)30-21-11-5-3-6-12-21)17-20-18-32(23-14-8-7-13-22(20)23)19-25(33)31-15-9-4-10-16-31/h3,5-8,11-14,17-18,34H,2,4,9-10,15-16,19H2,1H3/b24-17-,30-28?. The van der Waals surface area contributed by atoms with E-state index < -0.39 is 5.97 Å². The number of benzene rings is 2. The minimum absolute atomic E-state index is 0.0611. The highest BCUT2D eigenvalue weighted by Gasteiger charge is 2.33. The molecule has 1 aromatic heterocycles. The Labute approximate surface area is 220 Å². The van der Waals surface area contributed by atoms with Gasteiger partial charge in [-0.2, -0.15) is 0 Å². The zero-order chi connectivity index (χ0) is 25.8. The van der Waals surface area contributed by atoms with Gasteiger partial charge >= 0.3 is 5.97 Å². The lowest BCUT2D eigenvalue weighted by molar-refractivity contribution is -0.138. The van der Waals surface area contributed by atoms with Gasteiger partial charge in [0.2, 0.25) is 5.91 Å². The van der Waals surface area contributed by atoms with Crippen LogP contribution in [0.5, 0.6) is 0 Å². The van der Waals surface area contributed by atoms with Crippen LogP contribution in [0.25, 0.3) is 17.0 Å². The van der Waals surface area contributed by atoms with Crippen LogP contribution in [0.2, 0.25) is 0 Å². The number of aromatic nitrogens is 1. The molecular weight excluding hydrogens is 486 g/mol. The summed E-state index contributed by atoms with van der Waals surface area (Å²) in [5.41, 5.74) is 2.52. The Morgan fingerprint density at radius 1 is 1.05 bits per heavy atom. The van der Waals surface area contributed by atoms with E-state index in [-0.39, 0.29) is 30.4 Å². The van der Waals surface area contributed by atoms with Crippen LogP contribution >= 0.6 is 11.8 Å². The zero-order valence-electron chi connectivity index (χ0n) is 20.7. The lowest BCUT2D eigenvalue weighted by Gasteiger charge is -2.27. The molecule has 0 spiro atoms. The number of aliphatic hydroxyl groups is 1. The molecule has 5 rings (SSSR count). The highest BCUT2D eigenvalue weighted by molar-refractivity contribution is 8.18. The first kappa shape index (κ1) is 24.9. The molecule has 0 radical (unpaired) electrons. The van der Waals surface area contributed by atoms with Crippen molar-refractivity contribution in [3.05, 3.63) is 82.6 Å². The van der Waals surface area contributed by atoms with Gasteiger partial charge in [0, 0.05) is 35.8 Å². The third-order valence-electron chi connectivity index (χ3n) is 6.48. The van der Waals surface area contributed by atoms with Crippen molar-refractivity contribution in [2.45, 2.75) is 32.7 Å². The second-order valence-electron chi connectivity index (χ2n) is 8.98. The maximum atomic E-state index is 13.0. The number of fused-ring (bicyclic) bond motifs is 1. The van der Waals surface area contributed by atoms with Gasteiger partial charge in [0.15, 0.2) is 0 Å². The fourth-order valence-corrected chi connectivity index (χ4v) is 5.69. The van der Waals surface area contributed by atoms with Crippen LogP contribution in [0.4, 0.5) is 5.69 Å². The van der Waals surface area contributed by atoms with Crippen molar-refractivity contribution in [3.63, 3.8) is 0 Å². The number of piperidine rings is 1. The molecule has 1 amide bonds. The van der Waals surface area contributed by atoms with Gasteiger partial charge in [-0.15, -0.1) is 0 Å². The van der Waals surface area contributed by atoms with Crippen molar-refractivity contribution in [1.29, 1.82) is 0 Å². The van der Waals surface area contributed by atoms with Gasteiger partial charge in [-0.3, -0.25) is 4.79 Å². The highest BCUT2D eigenvalue weighted by Crippen LogP contribution is 2.41. The van der Waals surface area contributed by atoms with Crippen molar-refractivity contribution in [2.24, 2.45) is 4.99 Å². The molecule has 2 aliphatic heterocycles. The Balaban J connectivity index is 1.51. The van der Waals surface area contributed by atoms with Gasteiger partial charge in [-0.05, 0) is 50.5 Å². The molecule has 1 fully saturated rings. The first-order valence-corrected chi connectivity index (χ1v) is 13.4. The summed E-state index contributed by atoms with van der Waals surface area (Å²) in [6.45, 7) is 3.79. The van der Waals surface area contributed by atoms with E-state index in [1.54, 1.807) is 6.92 Å². The quantitative estimate of drug-likeness (QED) is 0.417. The number of aliphatic hydroxyl groups excluding tert-OH is 1. The summed E-state index contributed by atoms with van der Waals surface area (Å²) in [5, 5.41) is 12.4. The van der Waals surface area contributed by atoms with Crippen LogP contribution in [0.15, 0.2) is 82.0 Å². The van der Waals surface area contributed by atoms with Crippen molar-refractivity contribution in [1.82, 2.24) is 9.47 Å². The average molecular weight is 516 g/mol. The first-order valence-electron chi connectivity index (χ1n) is 12.5. The van der Waals surface area contributed by atoms with Gasteiger partial charge in [-0.1, -0.05) is 48.2 Å². The molecule has 3 heterocycles. The average Bonchev–Trinajstić information content (AvgIpc) is 3.42. The molecule has 1 saturated heterocycles. The number of ether oxygens (including phenoxy) is 1. The number of carbonyl (C=O) groups is 2. The molecule has 8 heteroatoms. The minimum Gasteiger partial charge on any atom is -0.506 e. The summed E-state index contributed by atoms with van der Waals surface area (Å²) in [5.74, 6) is -0.654. The number of amides is 1. The van der Waals surface area contributed by atoms with Crippen molar-refractivity contribution in [2.75, 3.05) is 19.7 Å². The predicted octanol–water partition coefficient (Wildman–Crippen LogP) is 5.85. The van der Waals surface area contributed by atoms with Crippen molar-refractivity contribution in [3.8, 4) is 0 Å². The largest absolute Gasteiger partial charge is 0.506 e. The fourth-order valence-electron chi connectivity index (χ4n) is 4.66. The molecule has 1 N–H and O–H groups in total. The van der Waals surface area contributed by atoms with Crippen LogP contribution in [0.1, 0.15) is 31.7 Å². The van der Waals surface area contributed by atoms with Crippen LogP contribution in [-0.2, 0) is 20.9 Å². The lowest BCUT2D eigenvalue weighted by atomic mass is 10.1. The number of rotatable bonds is 6. The number of para-hydroxylation sites is 2. The summed E-state index contributed by atoms with van der Waals surface area (Å²) >= 11 is 1.23. The molecule has 7 nitrogen and oxygen atoms in total. The summed E-state index contributed by atoms with van der Waals surface area (Å²) in [6, 6.07) is 17.2. The summed E-state index contributed by atoms with van der Waals surface area (Å²) in [4.78, 5) is 32.8. The number of nitrogens with zero attached hydrogens (tertiary/aromatic N) is 3. The number of likely N-dealkylation sites (tertiary alicyclic amines) is 1. The third-order valence-corrected chi connectivity index (χ3v) is 7.50. The SMILES string of the molecule is CCOC(=O)C1=C(O)/C(=C/c2cn(CC(=O)N3CCCCC3)c3ccccc23)SC1=Nc1ccccc1. The maximum Gasteiger partial charge on any atom is 0.344 e. The number of carbonyl (C=O) groups excluding carboxylic acids is 2. The van der Waals surface area contributed by atoms with E-state index in [9.17, 15) is 14.7 Å². The number of hydrogen-bond acceptors (Lipinski definition) is 6. The molecule has 0 unspecified atom stereocenters. The van der Waals surface area contributed by atoms with Crippen LogP contribution < -0.4 is 0 Å². The predicted molar refractivity (Wildman–Crippen MR) is 148 cm³/mol. The highest BCUT2D eigenvalue weighted by atomic mass is 32.2. The number of thioether (sulfide) groups is 1. The monoisotopic (exact) mass is 515 g/mol. The van der Waals surface area contributed by atoms with Gasteiger partial charge in [0.25, 0.3) is 0 Å². The minimum atomic E-state index is -0.611. The van der Waals surface area contributed by atoms with E-state index in [0.717, 1.165) is 42.4 Å². The molecule has 0 atom stereocenters. The smallest absolute Gasteiger partial charge is 0.344 e. The van der Waals surface area contributed by atoms with E-state index in [0.29, 0.717) is 15.6 Å². The Morgan fingerprint density at radius 3 is 2.54 bits per heavy atom. The summed E-state index contributed by atoms with van der Waals surface area (Å²) in [7, 11) is 0. The fraction of sp³-hybridized carbons (Fsp3) is 0.276. The van der Waals surface area contributed by atoms with Crippen LogP contribution in [0, 0.1) is 0 Å². The van der Waals surface area contributed by atoms with Gasteiger partial charge in [0.05, 0.1) is 17.2 Å². The Bertz CT molecular complexity index is 1420. The molecule has 0 bridgehead atoms. The maximum absolute atomic E-state index is 13.0. The molecule has 0 aliphatic carbocycles. The van der Waals surface area contributed by atoms with E-state index in [1.165, 1.54) is 18.2 Å². The van der Waals surface area contributed by atoms with Gasteiger partial charge in [-0.25, -0.2) is 9.79 Å². The first-order chi connectivity index (χ1) is 18.0. The third kappa shape index (κ3) is 5.34. The number of esters is 1. The zero-order valence-corrected chi connectivity index (χ0v) is 21.5. The molecule has 3 aromatic rings. The Morgan fingerprint density at radius 2 is 1.78 bits per heavy atom. The van der Waals surface area contributed by atoms with Crippen LogP contribution in [0.3, 0.4) is 0 Å². The Hall–Kier alpha value is -3.78. The van der Waals surface area contributed by atoms with E-state index in [1.807, 2.05) is 76.3 Å². The normalized spacial score (nSPS) is 18.2. The van der Waals surface area contributed by atoms with E-state index in [4.69, 9.17) is 4.74 Å². The van der Waals surface area contributed by atoms with Crippen LogP contribution in [-0.4, -0.2) is 51.2 Å². The van der Waals surface area contributed by atoms with Crippen molar-refractivity contribution >= 4 is 51.3 Å². The summed E-state index contributed by atoms with van der Waals surface area (Å²) in [6.07, 6.45) is 7.05. The topological polar surface area (TPSA) is 84.1 Å². The molecule has 37 heavy (non-hydrogen) atoms. The second kappa shape index (κ2) is 11.1. The molecule has 190 valence electrons. The Kier molecular flexibility index (Phi) is 7.46. The van der Waals surface area contributed by atoms with E-state index in [2.05, 4.69) is 4.99 Å². The molecule has 2 aromatic carbocycles. The van der Waals surface area contributed by atoms with Gasteiger partial charge < -0.3 is 19.3 Å². The summed E-state index contributed by atoms with van der Waals surface area (Å²) < 4.78 is 7.18. The lowest BCUT2D eigenvalue weighted by Crippen LogP contribution is -2.37. The number of hydrogen-bond donors (Lipinski definition) is 1.